The lowest BCUT2D eigenvalue weighted by molar-refractivity contribution is -0.136. The number of nitrogens with two attached hydrogens (primary N) is 1. The molecule has 8 heteroatoms. The van der Waals surface area contributed by atoms with Crippen LogP contribution in [0, 0.1) is 0 Å². The van der Waals surface area contributed by atoms with Crippen LogP contribution in [-0.4, -0.2) is 65.3 Å². The smallest absolute Gasteiger partial charge is 0.251 e. The normalized spacial score (nSPS) is 26.1. The standard InChI is InChI=1S/C21H27ClN4O3/c22-15-6-2-3-7-16(15)26-18(27)14-17(19(26)28)24-12-8-21(9-13-24,20(23)29)25-10-4-1-5-11-25/h2-3,6-7,17H,1,4-5,8-14H2,(H2,23,29). The number of anilines is 1. The molecule has 3 aliphatic rings. The minimum atomic E-state index is -0.634. The number of halogens is 1. The summed E-state index contributed by atoms with van der Waals surface area (Å²) in [6, 6.07) is 6.38. The van der Waals surface area contributed by atoms with E-state index in [1.54, 1.807) is 24.3 Å². The first-order chi connectivity index (χ1) is 13.9. The van der Waals surface area contributed by atoms with Gasteiger partial charge in [0.25, 0.3) is 5.91 Å². The number of carbonyl (C=O) groups is 3. The van der Waals surface area contributed by atoms with Gasteiger partial charge in [0.15, 0.2) is 0 Å². The van der Waals surface area contributed by atoms with Crippen molar-refractivity contribution in [3.63, 3.8) is 0 Å². The van der Waals surface area contributed by atoms with Gasteiger partial charge >= 0.3 is 0 Å². The lowest BCUT2D eigenvalue weighted by Crippen LogP contribution is -2.64. The first kappa shape index (κ1) is 20.3. The summed E-state index contributed by atoms with van der Waals surface area (Å²) in [7, 11) is 0. The zero-order valence-corrected chi connectivity index (χ0v) is 17.2. The zero-order chi connectivity index (χ0) is 20.6. The van der Waals surface area contributed by atoms with E-state index >= 15 is 0 Å². The number of nitrogens with zero attached hydrogens (tertiary/aromatic N) is 3. The van der Waals surface area contributed by atoms with Crippen LogP contribution < -0.4 is 10.6 Å². The molecule has 0 bridgehead atoms. The quantitative estimate of drug-likeness (QED) is 0.753. The van der Waals surface area contributed by atoms with Crippen LogP contribution in [0.3, 0.4) is 0 Å². The fourth-order valence-corrected chi connectivity index (χ4v) is 5.25. The van der Waals surface area contributed by atoms with E-state index in [2.05, 4.69) is 4.90 Å². The fourth-order valence-electron chi connectivity index (χ4n) is 5.03. The number of primary amides is 1. The molecule has 3 aliphatic heterocycles. The van der Waals surface area contributed by atoms with Crippen molar-refractivity contribution >= 4 is 35.0 Å². The number of rotatable bonds is 4. The van der Waals surface area contributed by atoms with Crippen LogP contribution in [0.1, 0.15) is 38.5 Å². The molecule has 4 rings (SSSR count). The first-order valence-electron chi connectivity index (χ1n) is 10.3. The van der Waals surface area contributed by atoms with Crippen LogP contribution in [0.2, 0.25) is 5.02 Å². The number of carbonyl (C=O) groups excluding carboxylic acids is 3. The maximum Gasteiger partial charge on any atom is 0.251 e. The fraction of sp³-hybridized carbons (Fsp3) is 0.571. The highest BCUT2D eigenvalue weighted by Gasteiger charge is 2.49. The van der Waals surface area contributed by atoms with Crippen molar-refractivity contribution in [2.24, 2.45) is 5.73 Å². The number of hydrogen-bond acceptors (Lipinski definition) is 5. The molecular weight excluding hydrogens is 392 g/mol. The molecule has 1 aromatic rings. The Bertz CT molecular complexity index is 816. The third-order valence-corrected chi connectivity index (χ3v) is 7.02. The van der Waals surface area contributed by atoms with Crippen molar-refractivity contribution in [3.8, 4) is 0 Å². The SMILES string of the molecule is NC(=O)C1(N2CCCCC2)CCN(C2CC(=O)N(c3ccccc3Cl)C2=O)CC1. The van der Waals surface area contributed by atoms with Gasteiger partial charge in [-0.25, -0.2) is 4.90 Å². The summed E-state index contributed by atoms with van der Waals surface area (Å²) in [5.41, 5.74) is 5.65. The maximum atomic E-state index is 13.1. The molecule has 1 unspecified atom stereocenters. The molecule has 1 aromatic carbocycles. The van der Waals surface area contributed by atoms with Crippen LogP contribution >= 0.6 is 11.6 Å². The average molecular weight is 419 g/mol. The Morgan fingerprint density at radius 1 is 1.03 bits per heavy atom. The molecule has 156 valence electrons. The predicted molar refractivity (Wildman–Crippen MR) is 111 cm³/mol. The molecule has 3 fully saturated rings. The highest BCUT2D eigenvalue weighted by atomic mass is 35.5. The summed E-state index contributed by atoms with van der Waals surface area (Å²) in [4.78, 5) is 43.6. The van der Waals surface area contributed by atoms with E-state index in [4.69, 9.17) is 17.3 Å². The summed E-state index contributed by atoms with van der Waals surface area (Å²) >= 11 is 6.21. The average Bonchev–Trinajstić information content (AvgIpc) is 3.03. The van der Waals surface area contributed by atoms with Crippen molar-refractivity contribution in [1.29, 1.82) is 0 Å². The second-order valence-electron chi connectivity index (χ2n) is 8.22. The van der Waals surface area contributed by atoms with E-state index in [0.717, 1.165) is 25.9 Å². The van der Waals surface area contributed by atoms with Gasteiger partial charge in [-0.2, -0.15) is 0 Å². The number of hydrogen-bond donors (Lipinski definition) is 1. The highest BCUT2D eigenvalue weighted by molar-refractivity contribution is 6.36. The Kier molecular flexibility index (Phi) is 5.64. The maximum absolute atomic E-state index is 13.1. The molecule has 0 saturated carbocycles. The minimum Gasteiger partial charge on any atom is -0.368 e. The van der Waals surface area contributed by atoms with Gasteiger partial charge in [0, 0.05) is 13.1 Å². The Morgan fingerprint density at radius 2 is 1.69 bits per heavy atom. The number of benzene rings is 1. The van der Waals surface area contributed by atoms with Crippen LogP contribution in [0.25, 0.3) is 0 Å². The molecule has 3 amide bonds. The molecule has 2 N–H and O–H groups in total. The van der Waals surface area contributed by atoms with Gasteiger partial charge in [-0.05, 0) is 50.9 Å². The Labute approximate surface area is 175 Å². The van der Waals surface area contributed by atoms with Gasteiger partial charge in [-0.3, -0.25) is 24.2 Å². The van der Waals surface area contributed by atoms with Crippen molar-refractivity contribution in [1.82, 2.24) is 9.80 Å². The van der Waals surface area contributed by atoms with E-state index in [9.17, 15) is 14.4 Å². The van der Waals surface area contributed by atoms with E-state index in [1.807, 2.05) is 4.90 Å². The number of amides is 3. The highest BCUT2D eigenvalue weighted by Crippen LogP contribution is 2.35. The molecule has 0 spiro atoms. The summed E-state index contributed by atoms with van der Waals surface area (Å²) < 4.78 is 0. The number of imide groups is 1. The predicted octanol–water partition coefficient (Wildman–Crippen LogP) is 1.78. The Balaban J connectivity index is 1.48. The zero-order valence-electron chi connectivity index (χ0n) is 16.5. The van der Waals surface area contributed by atoms with Gasteiger partial charge < -0.3 is 5.73 Å². The van der Waals surface area contributed by atoms with Crippen LogP contribution in [0.5, 0.6) is 0 Å². The molecule has 1 atom stereocenters. The Morgan fingerprint density at radius 3 is 2.31 bits per heavy atom. The largest absolute Gasteiger partial charge is 0.368 e. The van der Waals surface area contributed by atoms with Gasteiger partial charge in [-0.1, -0.05) is 30.2 Å². The van der Waals surface area contributed by atoms with E-state index in [0.29, 0.717) is 36.6 Å². The van der Waals surface area contributed by atoms with E-state index in [-0.39, 0.29) is 24.1 Å². The van der Waals surface area contributed by atoms with Gasteiger partial charge in [0.05, 0.1) is 23.2 Å². The van der Waals surface area contributed by atoms with E-state index < -0.39 is 11.6 Å². The second kappa shape index (κ2) is 8.05. The summed E-state index contributed by atoms with van der Waals surface area (Å²) in [6.45, 7) is 2.92. The van der Waals surface area contributed by atoms with Gasteiger partial charge in [-0.15, -0.1) is 0 Å². The third-order valence-electron chi connectivity index (χ3n) is 6.70. The van der Waals surface area contributed by atoms with Crippen molar-refractivity contribution in [2.45, 2.75) is 50.1 Å². The number of likely N-dealkylation sites (tertiary alicyclic amines) is 2. The van der Waals surface area contributed by atoms with Crippen molar-refractivity contribution in [2.75, 3.05) is 31.1 Å². The Hall–Kier alpha value is -1.96. The summed E-state index contributed by atoms with van der Waals surface area (Å²) in [5.74, 6) is -0.755. The second-order valence-corrected chi connectivity index (χ2v) is 8.63. The molecular formula is C21H27ClN4O3. The van der Waals surface area contributed by atoms with Crippen LogP contribution in [0.15, 0.2) is 24.3 Å². The minimum absolute atomic E-state index is 0.136. The summed E-state index contributed by atoms with van der Waals surface area (Å²) in [6.07, 6.45) is 4.67. The molecule has 0 aromatic heterocycles. The molecule has 7 nitrogen and oxygen atoms in total. The summed E-state index contributed by atoms with van der Waals surface area (Å²) in [5, 5.41) is 0.381. The number of piperidine rings is 2. The molecule has 3 heterocycles. The van der Waals surface area contributed by atoms with Gasteiger partial charge in [0.1, 0.15) is 5.54 Å². The van der Waals surface area contributed by atoms with Crippen molar-refractivity contribution < 1.29 is 14.4 Å². The molecule has 0 aliphatic carbocycles. The van der Waals surface area contributed by atoms with Crippen LogP contribution in [0.4, 0.5) is 5.69 Å². The number of para-hydroxylation sites is 1. The molecule has 3 saturated heterocycles. The van der Waals surface area contributed by atoms with Crippen molar-refractivity contribution in [3.05, 3.63) is 29.3 Å². The van der Waals surface area contributed by atoms with E-state index in [1.165, 1.54) is 11.3 Å². The monoisotopic (exact) mass is 418 g/mol. The lowest BCUT2D eigenvalue weighted by atomic mass is 9.83. The molecule has 0 radical (unpaired) electrons. The van der Waals surface area contributed by atoms with Crippen LogP contribution in [-0.2, 0) is 14.4 Å². The lowest BCUT2D eigenvalue weighted by Gasteiger charge is -2.48. The topological polar surface area (TPSA) is 87.0 Å². The first-order valence-corrected chi connectivity index (χ1v) is 10.7. The molecule has 29 heavy (non-hydrogen) atoms. The third kappa shape index (κ3) is 3.56. The van der Waals surface area contributed by atoms with Gasteiger partial charge in [0.2, 0.25) is 11.8 Å².